The molecule has 12 nitrogen and oxygen atoms in total. The van der Waals surface area contributed by atoms with E-state index >= 15 is 0 Å². The standard InChI is InChI=1S/C16H15N7O3S.CH2O2/c1-9-20-21-16(27-9)23-8-10(6-13(23)24)15(25)18-7-12-19-14(22-26-12)11-4-2-3-5-17-11;2-1-3/h2-5,10H,6-8H2,1H3,(H,18,25);1H,(H,2,3). The number of hydrogen-bond acceptors (Lipinski definition) is 10. The van der Waals surface area contributed by atoms with Gasteiger partial charge in [0.2, 0.25) is 28.7 Å². The van der Waals surface area contributed by atoms with Crippen molar-refractivity contribution in [2.24, 2.45) is 5.92 Å². The summed E-state index contributed by atoms with van der Waals surface area (Å²) >= 11 is 1.33. The fraction of sp³-hybridized carbons (Fsp3) is 0.294. The van der Waals surface area contributed by atoms with Gasteiger partial charge in [-0.25, -0.2) is 0 Å². The van der Waals surface area contributed by atoms with E-state index < -0.39 is 5.92 Å². The predicted octanol–water partition coefficient (Wildman–Crippen LogP) is 0.662. The number of amides is 2. The molecule has 30 heavy (non-hydrogen) atoms. The highest BCUT2D eigenvalue weighted by molar-refractivity contribution is 7.15. The zero-order valence-electron chi connectivity index (χ0n) is 15.8. The van der Waals surface area contributed by atoms with Crippen LogP contribution in [0.5, 0.6) is 0 Å². The molecule has 13 heteroatoms. The number of hydrogen-bond donors (Lipinski definition) is 2. The summed E-state index contributed by atoms with van der Waals surface area (Å²) in [5.41, 5.74) is 0.586. The molecule has 0 aliphatic carbocycles. The van der Waals surface area contributed by atoms with E-state index in [9.17, 15) is 9.59 Å². The number of carboxylic acid groups (broad SMARTS) is 1. The van der Waals surface area contributed by atoms with Gasteiger partial charge in [0.1, 0.15) is 10.7 Å². The molecule has 1 unspecified atom stereocenters. The van der Waals surface area contributed by atoms with Crippen molar-refractivity contribution >= 4 is 34.8 Å². The molecule has 4 rings (SSSR count). The van der Waals surface area contributed by atoms with Gasteiger partial charge in [-0.1, -0.05) is 22.6 Å². The summed E-state index contributed by atoms with van der Waals surface area (Å²) < 4.78 is 5.14. The molecule has 0 bridgehead atoms. The van der Waals surface area contributed by atoms with Crippen molar-refractivity contribution < 1.29 is 24.0 Å². The summed E-state index contributed by atoms with van der Waals surface area (Å²) in [7, 11) is 0. The number of pyridine rings is 1. The minimum atomic E-state index is -0.458. The van der Waals surface area contributed by atoms with E-state index in [0.717, 1.165) is 5.01 Å². The Morgan fingerprint density at radius 3 is 2.90 bits per heavy atom. The smallest absolute Gasteiger partial charge is 0.290 e. The molecule has 1 saturated heterocycles. The third-order valence-electron chi connectivity index (χ3n) is 4.02. The Morgan fingerprint density at radius 2 is 2.23 bits per heavy atom. The molecule has 156 valence electrons. The highest BCUT2D eigenvalue weighted by Gasteiger charge is 2.36. The van der Waals surface area contributed by atoms with E-state index in [1.54, 1.807) is 18.3 Å². The lowest BCUT2D eigenvalue weighted by molar-refractivity contribution is -0.126. The quantitative estimate of drug-likeness (QED) is 0.548. The van der Waals surface area contributed by atoms with Gasteiger partial charge in [0.25, 0.3) is 6.47 Å². The first kappa shape index (κ1) is 21.0. The molecule has 1 aliphatic rings. The van der Waals surface area contributed by atoms with Crippen molar-refractivity contribution in [3.63, 3.8) is 0 Å². The molecule has 3 aromatic heterocycles. The molecule has 0 saturated carbocycles. The molecule has 1 fully saturated rings. The number of anilines is 1. The molecule has 3 aromatic rings. The van der Waals surface area contributed by atoms with Crippen LogP contribution >= 0.6 is 11.3 Å². The van der Waals surface area contributed by atoms with Crippen LogP contribution in [0.1, 0.15) is 17.3 Å². The maximum absolute atomic E-state index is 12.4. The van der Waals surface area contributed by atoms with Crippen LogP contribution < -0.4 is 10.2 Å². The number of aryl methyl sites for hydroxylation is 1. The number of nitrogens with zero attached hydrogens (tertiary/aromatic N) is 6. The third-order valence-corrected chi connectivity index (χ3v) is 4.88. The van der Waals surface area contributed by atoms with E-state index in [1.165, 1.54) is 16.2 Å². The molecule has 1 atom stereocenters. The maximum atomic E-state index is 12.4. The second kappa shape index (κ2) is 9.65. The van der Waals surface area contributed by atoms with Crippen LogP contribution in [0.3, 0.4) is 0 Å². The van der Waals surface area contributed by atoms with Crippen molar-refractivity contribution in [2.45, 2.75) is 19.9 Å². The Balaban J connectivity index is 0.000000806. The molecular weight excluding hydrogens is 414 g/mol. The molecular formula is C17H17N7O5S. The summed E-state index contributed by atoms with van der Waals surface area (Å²) in [6.07, 6.45) is 1.77. The normalized spacial score (nSPS) is 15.4. The molecule has 1 aliphatic heterocycles. The fourth-order valence-electron chi connectivity index (χ4n) is 2.70. The Hall–Kier alpha value is -3.74. The van der Waals surface area contributed by atoms with Crippen molar-refractivity contribution in [1.82, 2.24) is 30.6 Å². The summed E-state index contributed by atoms with van der Waals surface area (Å²) in [5, 5.41) is 22.6. The second-order valence-electron chi connectivity index (χ2n) is 6.06. The van der Waals surface area contributed by atoms with Gasteiger partial charge in [-0.3, -0.25) is 24.3 Å². The van der Waals surface area contributed by atoms with Crippen molar-refractivity contribution in [3.05, 3.63) is 35.3 Å². The predicted molar refractivity (Wildman–Crippen MR) is 103 cm³/mol. The average Bonchev–Trinajstić information content (AvgIpc) is 3.47. The first-order chi connectivity index (χ1) is 14.5. The van der Waals surface area contributed by atoms with Gasteiger partial charge in [-0.15, -0.1) is 10.2 Å². The summed E-state index contributed by atoms with van der Waals surface area (Å²) in [6, 6.07) is 5.38. The minimum absolute atomic E-state index is 0.0846. The molecule has 0 radical (unpaired) electrons. The fourth-order valence-corrected chi connectivity index (χ4v) is 3.41. The first-order valence-corrected chi connectivity index (χ1v) is 9.53. The maximum Gasteiger partial charge on any atom is 0.290 e. The number of carbonyl (C=O) groups is 3. The van der Waals surface area contributed by atoms with Gasteiger partial charge in [-0.2, -0.15) is 4.98 Å². The summed E-state index contributed by atoms with van der Waals surface area (Å²) in [5.74, 6) is -0.218. The Morgan fingerprint density at radius 1 is 1.43 bits per heavy atom. The monoisotopic (exact) mass is 431 g/mol. The van der Waals surface area contributed by atoms with Crippen molar-refractivity contribution in [3.8, 4) is 11.5 Å². The third kappa shape index (κ3) is 5.00. The van der Waals surface area contributed by atoms with Gasteiger partial charge in [0.15, 0.2) is 0 Å². The van der Waals surface area contributed by atoms with Crippen LogP contribution in [0.2, 0.25) is 0 Å². The minimum Gasteiger partial charge on any atom is -0.483 e. The molecule has 2 N–H and O–H groups in total. The van der Waals surface area contributed by atoms with Crippen LogP contribution in [0, 0.1) is 12.8 Å². The highest BCUT2D eigenvalue weighted by atomic mass is 32.1. The second-order valence-corrected chi connectivity index (χ2v) is 7.22. The van der Waals surface area contributed by atoms with Crippen LogP contribution in [0.15, 0.2) is 28.9 Å². The summed E-state index contributed by atoms with van der Waals surface area (Å²) in [4.78, 5) is 42.8. The highest BCUT2D eigenvalue weighted by Crippen LogP contribution is 2.27. The Labute approximate surface area is 174 Å². The van der Waals surface area contributed by atoms with Gasteiger partial charge in [0, 0.05) is 19.2 Å². The lowest BCUT2D eigenvalue weighted by Crippen LogP contribution is -2.32. The largest absolute Gasteiger partial charge is 0.483 e. The number of nitrogens with one attached hydrogen (secondary N) is 1. The van der Waals surface area contributed by atoms with Gasteiger partial charge in [0.05, 0.1) is 12.5 Å². The topological polar surface area (TPSA) is 164 Å². The van der Waals surface area contributed by atoms with Crippen molar-refractivity contribution in [1.29, 1.82) is 0 Å². The lowest BCUT2D eigenvalue weighted by Gasteiger charge is -2.12. The number of carbonyl (C=O) groups excluding carboxylic acids is 2. The lowest BCUT2D eigenvalue weighted by atomic mass is 10.1. The SMILES string of the molecule is Cc1nnc(N2CC(C(=O)NCc3nc(-c4ccccn4)no3)CC2=O)s1.O=CO. The Kier molecular flexibility index (Phi) is 6.75. The van der Waals surface area contributed by atoms with E-state index in [1.807, 2.05) is 13.0 Å². The first-order valence-electron chi connectivity index (χ1n) is 8.71. The average molecular weight is 431 g/mol. The summed E-state index contributed by atoms with van der Waals surface area (Å²) in [6.45, 7) is 1.93. The van der Waals surface area contributed by atoms with Gasteiger partial charge < -0.3 is 14.9 Å². The van der Waals surface area contributed by atoms with E-state index in [4.69, 9.17) is 14.4 Å². The van der Waals surface area contributed by atoms with E-state index in [2.05, 4.69) is 30.6 Å². The van der Waals surface area contributed by atoms with Crippen LogP contribution in [-0.4, -0.2) is 55.3 Å². The van der Waals surface area contributed by atoms with Crippen LogP contribution in [0.25, 0.3) is 11.5 Å². The van der Waals surface area contributed by atoms with Crippen LogP contribution in [0.4, 0.5) is 5.13 Å². The van der Waals surface area contributed by atoms with E-state index in [0.29, 0.717) is 16.6 Å². The zero-order chi connectivity index (χ0) is 21.5. The van der Waals surface area contributed by atoms with Crippen molar-refractivity contribution in [2.75, 3.05) is 11.4 Å². The molecule has 4 heterocycles. The van der Waals surface area contributed by atoms with Gasteiger partial charge in [-0.05, 0) is 19.1 Å². The molecule has 2 amide bonds. The number of rotatable bonds is 5. The Bertz CT molecular complexity index is 1020. The number of aromatic nitrogens is 5. The zero-order valence-corrected chi connectivity index (χ0v) is 16.6. The van der Waals surface area contributed by atoms with Gasteiger partial charge >= 0.3 is 0 Å². The van der Waals surface area contributed by atoms with E-state index in [-0.39, 0.29) is 43.7 Å². The molecule has 0 spiro atoms. The van der Waals surface area contributed by atoms with Crippen LogP contribution in [-0.2, 0) is 20.9 Å². The molecule has 0 aromatic carbocycles.